The lowest BCUT2D eigenvalue weighted by atomic mass is 9.93. The SMILES string of the molecule is C=C(C)C(=O)OCC(CO)(CO)CO.N[C@@H](CCC(=O)O)C(=O)O.[MgH2]. The Balaban J connectivity index is -0.000000392. The summed E-state index contributed by atoms with van der Waals surface area (Å²) in [6, 6.07) is -1.06. The Morgan fingerprint density at radius 1 is 1.12 bits per heavy atom. The number of ether oxygens (including phenoxy) is 1. The van der Waals surface area contributed by atoms with Gasteiger partial charge in [0.15, 0.2) is 0 Å². The molecular weight excluding hydrogens is 350 g/mol. The lowest BCUT2D eigenvalue weighted by Gasteiger charge is -2.26. The molecule has 10 nitrogen and oxygen atoms in total. The average Bonchev–Trinajstić information content (AvgIpc) is 2.54. The summed E-state index contributed by atoms with van der Waals surface area (Å²) in [5.74, 6) is -2.80. The van der Waals surface area contributed by atoms with Gasteiger partial charge in [-0.05, 0) is 13.3 Å². The van der Waals surface area contributed by atoms with Gasteiger partial charge in [0.25, 0.3) is 0 Å². The van der Waals surface area contributed by atoms with Crippen LogP contribution in [-0.2, 0) is 19.1 Å². The summed E-state index contributed by atoms with van der Waals surface area (Å²) in [7, 11) is 0. The second kappa shape index (κ2) is 15.0. The van der Waals surface area contributed by atoms with Crippen molar-refractivity contribution in [3.05, 3.63) is 12.2 Å². The fourth-order valence-electron chi connectivity index (χ4n) is 1.03. The highest BCUT2D eigenvalue weighted by molar-refractivity contribution is 5.86. The highest BCUT2D eigenvalue weighted by Gasteiger charge is 2.30. The lowest BCUT2D eigenvalue weighted by molar-refractivity contribution is -0.146. The minimum atomic E-state index is -1.18. The Morgan fingerprint density at radius 3 is 1.84 bits per heavy atom. The van der Waals surface area contributed by atoms with Crippen LogP contribution in [0.5, 0.6) is 0 Å². The first-order valence-electron chi connectivity index (χ1n) is 6.90. The van der Waals surface area contributed by atoms with E-state index in [1.807, 2.05) is 0 Å². The molecule has 144 valence electrons. The normalized spacial score (nSPS) is 11.2. The number of aliphatic hydroxyl groups excluding tert-OH is 3. The van der Waals surface area contributed by atoms with E-state index in [9.17, 15) is 14.4 Å². The fourth-order valence-corrected chi connectivity index (χ4v) is 1.03. The van der Waals surface area contributed by atoms with Crippen LogP contribution in [0.2, 0.25) is 0 Å². The largest absolute Gasteiger partial charge is 0.481 e. The molecule has 0 aromatic rings. The van der Waals surface area contributed by atoms with Gasteiger partial charge in [0.2, 0.25) is 0 Å². The van der Waals surface area contributed by atoms with E-state index in [2.05, 4.69) is 6.58 Å². The summed E-state index contributed by atoms with van der Waals surface area (Å²) in [5.41, 5.74) is 4.06. The molecule has 1 atom stereocenters. The van der Waals surface area contributed by atoms with Crippen LogP contribution >= 0.6 is 0 Å². The van der Waals surface area contributed by atoms with Gasteiger partial charge in [-0.3, -0.25) is 9.59 Å². The molecule has 0 aromatic carbocycles. The van der Waals surface area contributed by atoms with Gasteiger partial charge >= 0.3 is 41.0 Å². The molecule has 0 aliphatic carbocycles. The van der Waals surface area contributed by atoms with Gasteiger partial charge in [-0.25, -0.2) is 4.79 Å². The van der Waals surface area contributed by atoms with E-state index >= 15 is 0 Å². The van der Waals surface area contributed by atoms with E-state index in [0.717, 1.165) is 0 Å². The number of hydrogen-bond donors (Lipinski definition) is 6. The van der Waals surface area contributed by atoms with Gasteiger partial charge in [0.1, 0.15) is 12.6 Å². The van der Waals surface area contributed by atoms with Crippen LogP contribution in [0.3, 0.4) is 0 Å². The van der Waals surface area contributed by atoms with Crippen LogP contribution < -0.4 is 5.73 Å². The Labute approximate surface area is 161 Å². The topological polar surface area (TPSA) is 188 Å². The van der Waals surface area contributed by atoms with Gasteiger partial charge in [-0.1, -0.05) is 6.58 Å². The molecular formula is C14H27MgNO9. The molecule has 0 heterocycles. The first-order valence-corrected chi connectivity index (χ1v) is 6.90. The van der Waals surface area contributed by atoms with Crippen LogP contribution in [0, 0.1) is 5.41 Å². The van der Waals surface area contributed by atoms with E-state index in [0.29, 0.717) is 0 Å². The third kappa shape index (κ3) is 13.7. The maximum Gasteiger partial charge on any atom is 0.333 e. The number of carbonyl (C=O) groups is 3. The molecule has 0 unspecified atom stereocenters. The number of carboxylic acid groups (broad SMARTS) is 2. The Kier molecular flexibility index (Phi) is 17.2. The van der Waals surface area contributed by atoms with Crippen molar-refractivity contribution >= 4 is 41.0 Å². The number of hydrogen-bond acceptors (Lipinski definition) is 8. The summed E-state index contributed by atoms with van der Waals surface area (Å²) >= 11 is 0. The lowest BCUT2D eigenvalue weighted by Crippen LogP contribution is -2.39. The van der Waals surface area contributed by atoms with Crippen molar-refractivity contribution in [3.63, 3.8) is 0 Å². The maximum absolute atomic E-state index is 11.0. The van der Waals surface area contributed by atoms with Crippen molar-refractivity contribution in [2.75, 3.05) is 26.4 Å². The van der Waals surface area contributed by atoms with Crippen LogP contribution in [0.15, 0.2) is 12.2 Å². The molecule has 0 aliphatic heterocycles. The minimum absolute atomic E-state index is 0. The first-order chi connectivity index (χ1) is 11.0. The van der Waals surface area contributed by atoms with Crippen LogP contribution in [0.1, 0.15) is 19.8 Å². The number of aliphatic hydroxyl groups is 3. The number of carboxylic acids is 2. The molecule has 0 radical (unpaired) electrons. The molecule has 0 amide bonds. The number of carbonyl (C=O) groups excluding carboxylic acids is 1. The van der Waals surface area contributed by atoms with Gasteiger partial charge in [-0.2, -0.15) is 0 Å². The molecule has 7 N–H and O–H groups in total. The maximum atomic E-state index is 11.0. The second-order valence-electron chi connectivity index (χ2n) is 5.21. The van der Waals surface area contributed by atoms with Crippen LogP contribution in [-0.4, -0.2) is 99.0 Å². The first kappa shape index (κ1) is 28.6. The predicted molar refractivity (Wildman–Crippen MR) is 90.5 cm³/mol. The van der Waals surface area contributed by atoms with Crippen molar-refractivity contribution in [3.8, 4) is 0 Å². The minimum Gasteiger partial charge on any atom is -0.481 e. The zero-order chi connectivity index (χ0) is 19.3. The van der Waals surface area contributed by atoms with Gasteiger partial charge in [-0.15, -0.1) is 0 Å². The molecule has 25 heavy (non-hydrogen) atoms. The molecule has 0 saturated heterocycles. The van der Waals surface area contributed by atoms with E-state index in [1.165, 1.54) is 6.92 Å². The summed E-state index contributed by atoms with van der Waals surface area (Å²) < 4.78 is 4.72. The van der Waals surface area contributed by atoms with Crippen LogP contribution in [0.4, 0.5) is 0 Å². The van der Waals surface area contributed by atoms with Crippen molar-refractivity contribution in [2.24, 2.45) is 11.1 Å². The molecule has 0 aromatic heterocycles. The molecule has 11 heteroatoms. The summed E-state index contributed by atoms with van der Waals surface area (Å²) in [5, 5.41) is 43.0. The van der Waals surface area contributed by atoms with Crippen molar-refractivity contribution in [1.29, 1.82) is 0 Å². The summed E-state index contributed by atoms with van der Waals surface area (Å²) in [6.07, 6.45) is -0.224. The van der Waals surface area contributed by atoms with Crippen molar-refractivity contribution in [1.82, 2.24) is 0 Å². The monoisotopic (exact) mass is 377 g/mol. The van der Waals surface area contributed by atoms with E-state index in [1.54, 1.807) is 0 Å². The summed E-state index contributed by atoms with van der Waals surface area (Å²) in [6.45, 7) is 3.26. The molecule has 0 bridgehead atoms. The Hall–Kier alpha value is -1.24. The van der Waals surface area contributed by atoms with E-state index in [4.69, 9.17) is 36.0 Å². The zero-order valence-corrected chi connectivity index (χ0v) is 13.5. The van der Waals surface area contributed by atoms with Crippen molar-refractivity contribution < 1.29 is 44.7 Å². The quantitative estimate of drug-likeness (QED) is 0.134. The smallest absolute Gasteiger partial charge is 0.333 e. The molecule has 0 spiro atoms. The second-order valence-corrected chi connectivity index (χ2v) is 5.21. The number of esters is 1. The van der Waals surface area contributed by atoms with E-state index in [-0.39, 0.29) is 48.1 Å². The average molecular weight is 378 g/mol. The highest BCUT2D eigenvalue weighted by atomic mass is 24.3. The third-order valence-electron chi connectivity index (χ3n) is 2.85. The molecule has 0 fully saturated rings. The Bertz CT molecular complexity index is 430. The number of nitrogens with two attached hydrogens (primary N) is 1. The zero-order valence-electron chi connectivity index (χ0n) is 13.5. The van der Waals surface area contributed by atoms with Crippen LogP contribution in [0.25, 0.3) is 0 Å². The molecule has 0 rings (SSSR count). The third-order valence-corrected chi connectivity index (χ3v) is 2.85. The van der Waals surface area contributed by atoms with Crippen molar-refractivity contribution in [2.45, 2.75) is 25.8 Å². The predicted octanol–water partition coefficient (Wildman–Crippen LogP) is -2.58. The standard InChI is InChI=1S/C9H16O5.C5H9NO4.Mg.2H/c1-7(2)8(13)14-6-9(3-10,4-11)5-12;6-3(5(9)10)1-2-4(7)8;;;/h10-12H,1,3-6H2,2H3;3H,1-2,6H2,(H,7,8)(H,9,10);;;/t;3-;;;/m.0.../s1. The van der Waals surface area contributed by atoms with E-state index < -0.39 is 49.2 Å². The molecule has 0 saturated carbocycles. The Morgan fingerprint density at radius 2 is 1.56 bits per heavy atom. The molecule has 0 aliphatic rings. The summed E-state index contributed by atoms with van der Waals surface area (Å²) in [4.78, 5) is 30.8. The van der Waals surface area contributed by atoms with Gasteiger partial charge in [0.05, 0.1) is 25.2 Å². The fraction of sp³-hybridized carbons (Fsp3) is 0.643. The van der Waals surface area contributed by atoms with Gasteiger partial charge < -0.3 is 36.0 Å². The number of rotatable bonds is 10. The highest BCUT2D eigenvalue weighted by Crippen LogP contribution is 2.15. The number of aliphatic carboxylic acids is 2. The van der Waals surface area contributed by atoms with Gasteiger partial charge in [0, 0.05) is 12.0 Å².